The van der Waals surface area contributed by atoms with Crippen LogP contribution in [0, 0.1) is 0 Å². The van der Waals surface area contributed by atoms with E-state index in [1.807, 2.05) is 24.4 Å². The number of hydrogen-bond donors (Lipinski definition) is 2. The van der Waals surface area contributed by atoms with Crippen LogP contribution in [0.3, 0.4) is 0 Å². The highest BCUT2D eigenvalue weighted by Crippen LogP contribution is 2.29. The normalized spacial score (nSPS) is 16.7. The van der Waals surface area contributed by atoms with E-state index in [2.05, 4.69) is 16.4 Å². The van der Waals surface area contributed by atoms with Gasteiger partial charge in [0.15, 0.2) is 0 Å². The fraction of sp³-hybridized carbons (Fsp3) is 0.474. The summed E-state index contributed by atoms with van der Waals surface area (Å²) in [6, 6.07) is 8.05. The lowest BCUT2D eigenvalue weighted by molar-refractivity contribution is -0.152. The number of ether oxygens (including phenoxy) is 1. The monoisotopic (exact) mass is 328 g/mol. The first-order valence-electron chi connectivity index (χ1n) is 8.59. The maximum atomic E-state index is 12.4. The Labute approximate surface area is 141 Å². The number of fused-ring (bicyclic) bond motifs is 1. The molecule has 128 valence electrons. The number of aromatic nitrogens is 1. The number of amides is 1. The summed E-state index contributed by atoms with van der Waals surface area (Å²) in [5.41, 5.74) is 1.37. The standard InChI is InChI=1S/C19H24N2O3/c1-24-18(23)19(11-5-2-6-12-19)21-17(22)10-9-14-13-20-16-8-4-3-7-15(14)16/h3-4,7-8,13,20H,2,5-6,9-12H2,1H3,(H,21,22). The van der Waals surface area contributed by atoms with Crippen molar-refractivity contribution in [1.82, 2.24) is 10.3 Å². The third-order valence-corrected chi connectivity index (χ3v) is 4.96. The van der Waals surface area contributed by atoms with Gasteiger partial charge in [0.05, 0.1) is 7.11 Å². The number of rotatable bonds is 5. The molecule has 0 aliphatic heterocycles. The molecule has 5 nitrogen and oxygen atoms in total. The van der Waals surface area contributed by atoms with E-state index in [0.717, 1.165) is 35.7 Å². The second-order valence-corrected chi connectivity index (χ2v) is 6.54. The zero-order chi connectivity index (χ0) is 17.0. The summed E-state index contributed by atoms with van der Waals surface area (Å²) < 4.78 is 4.94. The molecule has 0 spiro atoms. The molecule has 5 heteroatoms. The van der Waals surface area contributed by atoms with Crippen LogP contribution in [0.2, 0.25) is 0 Å². The van der Waals surface area contributed by atoms with Crippen LogP contribution in [-0.2, 0) is 20.7 Å². The number of para-hydroxylation sites is 1. The number of methoxy groups -OCH3 is 1. The number of aryl methyl sites for hydroxylation is 1. The Morgan fingerprint density at radius 3 is 2.71 bits per heavy atom. The molecule has 1 aliphatic rings. The lowest BCUT2D eigenvalue weighted by Gasteiger charge is -2.35. The van der Waals surface area contributed by atoms with Crippen LogP contribution < -0.4 is 5.32 Å². The second-order valence-electron chi connectivity index (χ2n) is 6.54. The Kier molecular flexibility index (Phi) is 4.88. The molecule has 1 aromatic carbocycles. The van der Waals surface area contributed by atoms with E-state index in [-0.39, 0.29) is 11.9 Å². The van der Waals surface area contributed by atoms with Crippen molar-refractivity contribution < 1.29 is 14.3 Å². The predicted octanol–water partition coefficient (Wildman–Crippen LogP) is 3.09. The average Bonchev–Trinajstić information content (AvgIpc) is 3.03. The molecule has 2 aromatic rings. The highest BCUT2D eigenvalue weighted by Gasteiger charge is 2.41. The van der Waals surface area contributed by atoms with Gasteiger partial charge < -0.3 is 15.0 Å². The zero-order valence-electron chi connectivity index (χ0n) is 14.1. The number of nitrogens with one attached hydrogen (secondary N) is 2. The minimum absolute atomic E-state index is 0.0902. The first-order chi connectivity index (χ1) is 11.6. The fourth-order valence-electron chi connectivity index (χ4n) is 3.65. The molecule has 0 radical (unpaired) electrons. The number of benzene rings is 1. The van der Waals surface area contributed by atoms with Crippen LogP contribution >= 0.6 is 0 Å². The Morgan fingerprint density at radius 2 is 1.96 bits per heavy atom. The maximum Gasteiger partial charge on any atom is 0.331 e. The Hall–Kier alpha value is -2.30. The van der Waals surface area contributed by atoms with Crippen molar-refractivity contribution in [1.29, 1.82) is 0 Å². The summed E-state index contributed by atoms with van der Waals surface area (Å²) in [5, 5.41) is 4.11. The highest BCUT2D eigenvalue weighted by molar-refractivity contribution is 5.89. The van der Waals surface area contributed by atoms with Gasteiger partial charge >= 0.3 is 5.97 Å². The first kappa shape index (κ1) is 16.6. The van der Waals surface area contributed by atoms with E-state index in [1.54, 1.807) is 0 Å². The molecular weight excluding hydrogens is 304 g/mol. The number of esters is 1. The highest BCUT2D eigenvalue weighted by atomic mass is 16.5. The van der Waals surface area contributed by atoms with E-state index in [1.165, 1.54) is 7.11 Å². The van der Waals surface area contributed by atoms with Gasteiger partial charge in [-0.05, 0) is 30.9 Å². The molecule has 1 aliphatic carbocycles. The Morgan fingerprint density at radius 1 is 1.21 bits per heavy atom. The van der Waals surface area contributed by atoms with Crippen molar-refractivity contribution in [2.75, 3.05) is 7.11 Å². The van der Waals surface area contributed by atoms with Crippen molar-refractivity contribution >= 4 is 22.8 Å². The molecule has 24 heavy (non-hydrogen) atoms. The van der Waals surface area contributed by atoms with Crippen LogP contribution in [0.5, 0.6) is 0 Å². The average molecular weight is 328 g/mol. The molecule has 0 bridgehead atoms. The van der Waals surface area contributed by atoms with Crippen LogP contribution in [-0.4, -0.2) is 29.5 Å². The molecule has 0 unspecified atom stereocenters. The van der Waals surface area contributed by atoms with E-state index in [4.69, 9.17) is 4.74 Å². The molecule has 1 aromatic heterocycles. The summed E-state index contributed by atoms with van der Waals surface area (Å²) in [7, 11) is 1.39. The zero-order valence-corrected chi connectivity index (χ0v) is 14.1. The van der Waals surface area contributed by atoms with Crippen molar-refractivity contribution in [2.45, 2.75) is 50.5 Å². The lowest BCUT2D eigenvalue weighted by atomic mass is 9.81. The molecule has 1 saturated carbocycles. The largest absolute Gasteiger partial charge is 0.467 e. The van der Waals surface area contributed by atoms with E-state index < -0.39 is 5.54 Å². The molecular formula is C19H24N2O3. The number of H-pyrrole nitrogens is 1. The van der Waals surface area contributed by atoms with Gasteiger partial charge in [0.25, 0.3) is 0 Å². The molecule has 0 atom stereocenters. The minimum Gasteiger partial charge on any atom is -0.467 e. The van der Waals surface area contributed by atoms with Gasteiger partial charge in [0, 0.05) is 23.5 Å². The van der Waals surface area contributed by atoms with Gasteiger partial charge in [-0.15, -0.1) is 0 Å². The quantitative estimate of drug-likeness (QED) is 0.829. The molecule has 3 rings (SSSR count). The SMILES string of the molecule is COC(=O)C1(NC(=O)CCc2c[nH]c3ccccc23)CCCCC1. The molecule has 1 amide bonds. The Bertz CT molecular complexity index is 729. The third-order valence-electron chi connectivity index (χ3n) is 4.96. The predicted molar refractivity (Wildman–Crippen MR) is 92.6 cm³/mol. The minimum atomic E-state index is -0.829. The van der Waals surface area contributed by atoms with Gasteiger partial charge in [-0.25, -0.2) is 4.79 Å². The van der Waals surface area contributed by atoms with Crippen LogP contribution in [0.4, 0.5) is 0 Å². The number of hydrogen-bond acceptors (Lipinski definition) is 3. The summed E-state index contributed by atoms with van der Waals surface area (Å²) in [6.45, 7) is 0. The first-order valence-corrected chi connectivity index (χ1v) is 8.59. The summed E-state index contributed by atoms with van der Waals surface area (Å²) in [5.74, 6) is -0.407. The lowest BCUT2D eigenvalue weighted by Crippen LogP contribution is -2.56. The fourth-order valence-corrected chi connectivity index (χ4v) is 3.65. The van der Waals surface area contributed by atoms with Crippen molar-refractivity contribution in [3.63, 3.8) is 0 Å². The van der Waals surface area contributed by atoms with Crippen molar-refractivity contribution in [3.8, 4) is 0 Å². The number of carbonyl (C=O) groups is 2. The maximum absolute atomic E-state index is 12.4. The summed E-state index contributed by atoms with van der Waals surface area (Å²) >= 11 is 0. The van der Waals surface area contributed by atoms with Gasteiger partial charge in [0.2, 0.25) is 5.91 Å². The summed E-state index contributed by atoms with van der Waals surface area (Å²) in [4.78, 5) is 27.9. The molecule has 1 fully saturated rings. The van der Waals surface area contributed by atoms with E-state index in [9.17, 15) is 9.59 Å². The Balaban J connectivity index is 1.65. The van der Waals surface area contributed by atoms with Crippen LogP contribution in [0.1, 0.15) is 44.1 Å². The van der Waals surface area contributed by atoms with Crippen molar-refractivity contribution in [3.05, 3.63) is 36.0 Å². The summed E-state index contributed by atoms with van der Waals surface area (Å²) in [6.07, 6.45) is 7.28. The van der Waals surface area contributed by atoms with Crippen molar-refractivity contribution in [2.24, 2.45) is 0 Å². The van der Waals surface area contributed by atoms with Gasteiger partial charge in [0.1, 0.15) is 5.54 Å². The third kappa shape index (κ3) is 3.30. The molecule has 1 heterocycles. The van der Waals surface area contributed by atoms with Gasteiger partial charge in [-0.1, -0.05) is 37.5 Å². The van der Waals surface area contributed by atoms with Gasteiger partial charge in [-0.3, -0.25) is 4.79 Å². The van der Waals surface area contributed by atoms with Gasteiger partial charge in [-0.2, -0.15) is 0 Å². The van der Waals surface area contributed by atoms with Crippen LogP contribution in [0.25, 0.3) is 10.9 Å². The van der Waals surface area contributed by atoms with E-state index >= 15 is 0 Å². The smallest absolute Gasteiger partial charge is 0.331 e. The second kappa shape index (κ2) is 7.07. The number of carbonyl (C=O) groups excluding carboxylic acids is 2. The molecule has 2 N–H and O–H groups in total. The number of aromatic amines is 1. The van der Waals surface area contributed by atoms with E-state index in [0.29, 0.717) is 25.7 Å². The molecule has 0 saturated heterocycles. The van der Waals surface area contributed by atoms with Crippen LogP contribution in [0.15, 0.2) is 30.5 Å². The topological polar surface area (TPSA) is 71.2 Å².